The molecule has 1 aromatic rings. The summed E-state index contributed by atoms with van der Waals surface area (Å²) in [5, 5.41) is 9.17. The Morgan fingerprint density at radius 3 is 2.29 bits per heavy atom. The van der Waals surface area contributed by atoms with E-state index in [1.807, 2.05) is 12.1 Å². The van der Waals surface area contributed by atoms with Gasteiger partial charge in [0, 0.05) is 0 Å². The monoisotopic (exact) mass is 230 g/mol. The molecule has 0 heterocycles. The predicted octanol–water partition coefficient (Wildman–Crippen LogP) is 3.98. The van der Waals surface area contributed by atoms with Gasteiger partial charge in [0.05, 0.1) is 5.56 Å². The van der Waals surface area contributed by atoms with Crippen LogP contribution in [0.2, 0.25) is 0 Å². The summed E-state index contributed by atoms with van der Waals surface area (Å²) >= 11 is 0. The van der Waals surface area contributed by atoms with Crippen molar-refractivity contribution in [1.82, 2.24) is 0 Å². The van der Waals surface area contributed by atoms with Crippen LogP contribution in [0.4, 0.5) is 0 Å². The van der Waals surface area contributed by atoms with Crippen molar-refractivity contribution in [2.45, 2.75) is 32.1 Å². The molecule has 2 rings (SSSR count). The van der Waals surface area contributed by atoms with Gasteiger partial charge in [-0.05, 0) is 36.0 Å². The van der Waals surface area contributed by atoms with Crippen molar-refractivity contribution in [3.63, 3.8) is 0 Å². The maximum absolute atomic E-state index is 11.2. The number of rotatable bonds is 3. The SMILES string of the molecule is C=C(c1ccccc1C(=O)O)C1CCCCC1. The minimum atomic E-state index is -0.863. The first-order valence-electron chi connectivity index (χ1n) is 6.21. The standard InChI is InChI=1S/C15H18O2/c1-11(12-7-3-2-4-8-12)13-9-5-6-10-14(13)15(16)17/h5-6,9-10,12H,1-4,7-8H2,(H,16,17). The zero-order valence-electron chi connectivity index (χ0n) is 9.98. The van der Waals surface area contributed by atoms with E-state index in [0.717, 1.165) is 24.0 Å². The van der Waals surface area contributed by atoms with Crippen molar-refractivity contribution < 1.29 is 9.90 Å². The number of carboxylic acids is 1. The molecule has 2 nitrogen and oxygen atoms in total. The largest absolute Gasteiger partial charge is 0.478 e. The van der Waals surface area contributed by atoms with Crippen molar-refractivity contribution in [2.75, 3.05) is 0 Å². The van der Waals surface area contributed by atoms with Gasteiger partial charge in [0.25, 0.3) is 0 Å². The van der Waals surface area contributed by atoms with Crippen LogP contribution in [0.25, 0.3) is 5.57 Å². The molecule has 0 amide bonds. The summed E-state index contributed by atoms with van der Waals surface area (Å²) in [5.74, 6) is -0.401. The van der Waals surface area contributed by atoms with Crippen LogP contribution in [0.15, 0.2) is 30.8 Å². The lowest BCUT2D eigenvalue weighted by Crippen LogP contribution is -2.10. The van der Waals surface area contributed by atoms with Crippen LogP contribution < -0.4 is 0 Å². The van der Waals surface area contributed by atoms with Crippen LogP contribution in [0.1, 0.15) is 48.0 Å². The van der Waals surface area contributed by atoms with Crippen LogP contribution in [-0.4, -0.2) is 11.1 Å². The molecule has 0 aliphatic heterocycles. The van der Waals surface area contributed by atoms with E-state index in [4.69, 9.17) is 0 Å². The third-order valence-corrected chi connectivity index (χ3v) is 3.60. The second-order valence-corrected chi connectivity index (χ2v) is 4.71. The second-order valence-electron chi connectivity index (χ2n) is 4.71. The molecule has 0 bridgehead atoms. The van der Waals surface area contributed by atoms with Crippen LogP contribution in [0.3, 0.4) is 0 Å². The molecule has 0 aromatic heterocycles. The summed E-state index contributed by atoms with van der Waals surface area (Å²) in [6.45, 7) is 4.13. The topological polar surface area (TPSA) is 37.3 Å². The van der Waals surface area contributed by atoms with Crippen LogP contribution in [0.5, 0.6) is 0 Å². The number of aromatic carboxylic acids is 1. The Morgan fingerprint density at radius 2 is 1.71 bits per heavy atom. The normalized spacial score (nSPS) is 16.7. The zero-order valence-corrected chi connectivity index (χ0v) is 9.98. The molecule has 0 radical (unpaired) electrons. The molecule has 1 aromatic carbocycles. The maximum atomic E-state index is 11.2. The molecule has 1 aliphatic rings. The highest BCUT2D eigenvalue weighted by Crippen LogP contribution is 2.35. The van der Waals surface area contributed by atoms with E-state index in [9.17, 15) is 9.90 Å². The first kappa shape index (κ1) is 11.9. The summed E-state index contributed by atoms with van der Waals surface area (Å²) in [4.78, 5) is 11.2. The van der Waals surface area contributed by atoms with Crippen molar-refractivity contribution >= 4 is 11.5 Å². The summed E-state index contributed by atoms with van der Waals surface area (Å²) < 4.78 is 0. The van der Waals surface area contributed by atoms with Gasteiger partial charge in [0.1, 0.15) is 0 Å². The van der Waals surface area contributed by atoms with Crippen LogP contribution in [0, 0.1) is 5.92 Å². The van der Waals surface area contributed by atoms with E-state index in [1.54, 1.807) is 12.1 Å². The molecule has 2 heteroatoms. The molecule has 1 N–H and O–H groups in total. The number of carbonyl (C=O) groups is 1. The highest BCUT2D eigenvalue weighted by molar-refractivity contribution is 5.94. The van der Waals surface area contributed by atoms with Crippen molar-refractivity contribution in [2.24, 2.45) is 5.92 Å². The van der Waals surface area contributed by atoms with Crippen LogP contribution >= 0.6 is 0 Å². The van der Waals surface area contributed by atoms with E-state index >= 15 is 0 Å². The van der Waals surface area contributed by atoms with E-state index < -0.39 is 5.97 Å². The molecule has 0 saturated heterocycles. The number of benzene rings is 1. The van der Waals surface area contributed by atoms with Crippen molar-refractivity contribution in [3.8, 4) is 0 Å². The van der Waals surface area contributed by atoms with Gasteiger partial charge >= 0.3 is 5.97 Å². The van der Waals surface area contributed by atoms with Gasteiger partial charge in [0.15, 0.2) is 0 Å². The smallest absolute Gasteiger partial charge is 0.336 e. The lowest BCUT2D eigenvalue weighted by molar-refractivity contribution is 0.0696. The fraction of sp³-hybridized carbons (Fsp3) is 0.400. The predicted molar refractivity (Wildman–Crippen MR) is 69.0 cm³/mol. The number of allylic oxidation sites excluding steroid dienone is 1. The van der Waals surface area contributed by atoms with Gasteiger partial charge in [-0.25, -0.2) is 4.79 Å². The summed E-state index contributed by atoms with van der Waals surface area (Å²) in [6.07, 6.45) is 6.06. The average Bonchev–Trinajstić information content (AvgIpc) is 2.39. The highest BCUT2D eigenvalue weighted by Gasteiger charge is 2.20. The number of hydrogen-bond acceptors (Lipinski definition) is 1. The average molecular weight is 230 g/mol. The Balaban J connectivity index is 2.26. The molecule has 1 saturated carbocycles. The fourth-order valence-electron chi connectivity index (χ4n) is 2.62. The van der Waals surface area contributed by atoms with Gasteiger partial charge in [0.2, 0.25) is 0 Å². The second kappa shape index (κ2) is 5.17. The first-order chi connectivity index (χ1) is 8.20. The molecular formula is C15H18O2. The third-order valence-electron chi connectivity index (χ3n) is 3.60. The molecule has 1 fully saturated rings. The summed E-state index contributed by atoms with van der Waals surface area (Å²) in [5.41, 5.74) is 2.19. The van der Waals surface area contributed by atoms with E-state index in [0.29, 0.717) is 11.5 Å². The quantitative estimate of drug-likeness (QED) is 0.852. The molecule has 0 unspecified atom stereocenters. The summed E-state index contributed by atoms with van der Waals surface area (Å²) in [7, 11) is 0. The number of hydrogen-bond donors (Lipinski definition) is 1. The van der Waals surface area contributed by atoms with Gasteiger partial charge in [-0.1, -0.05) is 44.0 Å². The Hall–Kier alpha value is -1.57. The molecule has 0 spiro atoms. The maximum Gasteiger partial charge on any atom is 0.336 e. The Labute approximate surface area is 102 Å². The van der Waals surface area contributed by atoms with Gasteiger partial charge in [-0.15, -0.1) is 0 Å². The van der Waals surface area contributed by atoms with Crippen molar-refractivity contribution in [1.29, 1.82) is 0 Å². The van der Waals surface area contributed by atoms with Gasteiger partial charge in [-0.2, -0.15) is 0 Å². The molecule has 17 heavy (non-hydrogen) atoms. The zero-order chi connectivity index (χ0) is 12.3. The minimum absolute atomic E-state index is 0.378. The fourth-order valence-corrected chi connectivity index (χ4v) is 2.62. The van der Waals surface area contributed by atoms with E-state index in [1.165, 1.54) is 19.3 Å². The Morgan fingerprint density at radius 1 is 1.12 bits per heavy atom. The first-order valence-corrected chi connectivity index (χ1v) is 6.21. The Kier molecular flexibility index (Phi) is 3.62. The lowest BCUT2D eigenvalue weighted by Gasteiger charge is -2.24. The third kappa shape index (κ3) is 2.57. The van der Waals surface area contributed by atoms with E-state index in [2.05, 4.69) is 6.58 Å². The van der Waals surface area contributed by atoms with Gasteiger partial charge in [-0.3, -0.25) is 0 Å². The van der Waals surface area contributed by atoms with Gasteiger partial charge < -0.3 is 5.11 Å². The summed E-state index contributed by atoms with van der Waals surface area (Å²) in [6, 6.07) is 7.18. The Bertz CT molecular complexity index is 428. The lowest BCUT2D eigenvalue weighted by atomic mass is 9.80. The highest BCUT2D eigenvalue weighted by atomic mass is 16.4. The van der Waals surface area contributed by atoms with E-state index in [-0.39, 0.29) is 0 Å². The molecule has 90 valence electrons. The molecule has 0 atom stereocenters. The minimum Gasteiger partial charge on any atom is -0.478 e. The molecule has 1 aliphatic carbocycles. The number of carboxylic acid groups (broad SMARTS) is 1. The van der Waals surface area contributed by atoms with Crippen molar-refractivity contribution in [3.05, 3.63) is 42.0 Å². The van der Waals surface area contributed by atoms with Crippen LogP contribution in [-0.2, 0) is 0 Å². The molecular weight excluding hydrogens is 212 g/mol.